The van der Waals surface area contributed by atoms with E-state index >= 15 is 0 Å². The summed E-state index contributed by atoms with van der Waals surface area (Å²) in [6, 6.07) is 25.5. The standard InChI is InChI=1S/C46H46N6O2S/c1-23-9-8-10-34-37(23)45(53)52-43-36(50-28(6)39(40(34)43)33-15-11-30(12-16-33)24(2)20-47)22-48-21-25(3)31-13-17-32(18-14-31)38-27(5)49-29(7)42-41(38)35-19-26(4)55-44(35)46(54)51-42/h8-19,24-25,48H,20-22,47H2,1-7H3,(H,51,54)(H,52,53). The molecule has 278 valence electrons. The fraction of sp³-hybridized carbons (Fsp3) is 0.261. The molecule has 5 heterocycles. The highest BCUT2D eigenvalue weighted by Gasteiger charge is 2.21. The van der Waals surface area contributed by atoms with Crippen molar-refractivity contribution in [1.29, 1.82) is 0 Å². The van der Waals surface area contributed by atoms with Gasteiger partial charge in [0.2, 0.25) is 0 Å². The molecule has 0 amide bonds. The summed E-state index contributed by atoms with van der Waals surface area (Å²) in [6.45, 7) is 16.2. The Kier molecular flexibility index (Phi) is 9.49. The minimum atomic E-state index is -0.105. The lowest BCUT2D eigenvalue weighted by Gasteiger charge is -2.19. The van der Waals surface area contributed by atoms with Crippen LogP contribution in [0.25, 0.3) is 64.9 Å². The molecule has 9 heteroatoms. The van der Waals surface area contributed by atoms with E-state index in [4.69, 9.17) is 15.7 Å². The van der Waals surface area contributed by atoms with Gasteiger partial charge in [0.05, 0.1) is 27.8 Å². The van der Waals surface area contributed by atoms with Gasteiger partial charge in [-0.3, -0.25) is 19.6 Å². The number of rotatable bonds is 9. The van der Waals surface area contributed by atoms with Crippen molar-refractivity contribution in [1.82, 2.24) is 25.3 Å². The number of aryl methyl sites for hydroxylation is 5. The average molecular weight is 747 g/mol. The van der Waals surface area contributed by atoms with E-state index < -0.39 is 0 Å². The number of nitrogens with one attached hydrogen (secondary N) is 3. The molecular formula is C46H46N6O2S. The second kappa shape index (κ2) is 14.3. The maximum Gasteiger partial charge on any atom is 0.266 e. The van der Waals surface area contributed by atoms with Crippen LogP contribution in [-0.4, -0.2) is 33.0 Å². The molecular weight excluding hydrogens is 701 g/mol. The van der Waals surface area contributed by atoms with Gasteiger partial charge < -0.3 is 21.0 Å². The Morgan fingerprint density at radius 1 is 0.691 bits per heavy atom. The van der Waals surface area contributed by atoms with Crippen LogP contribution in [0, 0.1) is 34.6 Å². The van der Waals surface area contributed by atoms with Crippen molar-refractivity contribution in [3.8, 4) is 22.3 Å². The Bertz CT molecular complexity index is 2910. The summed E-state index contributed by atoms with van der Waals surface area (Å²) in [6.07, 6.45) is 0. The van der Waals surface area contributed by atoms with Gasteiger partial charge in [0.25, 0.3) is 11.1 Å². The van der Waals surface area contributed by atoms with Crippen molar-refractivity contribution in [3.05, 3.63) is 138 Å². The summed E-state index contributed by atoms with van der Waals surface area (Å²) >= 11 is 1.53. The van der Waals surface area contributed by atoms with Gasteiger partial charge in [-0.25, -0.2) is 0 Å². The van der Waals surface area contributed by atoms with E-state index in [0.29, 0.717) is 25.0 Å². The molecule has 0 saturated carbocycles. The molecule has 8 aromatic rings. The van der Waals surface area contributed by atoms with Crippen molar-refractivity contribution in [2.24, 2.45) is 5.73 Å². The van der Waals surface area contributed by atoms with Gasteiger partial charge >= 0.3 is 0 Å². The molecule has 3 aromatic carbocycles. The molecule has 0 radical (unpaired) electrons. The predicted octanol–water partition coefficient (Wildman–Crippen LogP) is 9.36. The summed E-state index contributed by atoms with van der Waals surface area (Å²) in [7, 11) is 0. The number of nitrogens with two attached hydrogens (primary N) is 1. The molecule has 0 aliphatic carbocycles. The predicted molar refractivity (Wildman–Crippen MR) is 230 cm³/mol. The molecule has 55 heavy (non-hydrogen) atoms. The summed E-state index contributed by atoms with van der Waals surface area (Å²) in [5, 5.41) is 8.34. The molecule has 0 aliphatic rings. The van der Waals surface area contributed by atoms with Crippen LogP contribution in [0.3, 0.4) is 0 Å². The molecule has 5 N–H and O–H groups in total. The first-order chi connectivity index (χ1) is 26.4. The number of hydrogen-bond acceptors (Lipinski definition) is 7. The van der Waals surface area contributed by atoms with Crippen molar-refractivity contribution >= 4 is 54.0 Å². The molecule has 0 spiro atoms. The SMILES string of the molecule is Cc1cc2c(s1)c(=O)[nH]c1c(C)nc(C)c(-c3ccc(C(C)CNCc4nc(C)c(-c5ccc(C(C)CN)cc5)c5c4[nH]c(=O)c4c(C)cccc45)cc3)c12. The number of nitrogens with zero attached hydrogens (tertiary/aromatic N) is 2. The molecule has 8 nitrogen and oxygen atoms in total. The Labute approximate surface area is 323 Å². The van der Waals surface area contributed by atoms with Crippen LogP contribution in [0.2, 0.25) is 0 Å². The van der Waals surface area contributed by atoms with Gasteiger partial charge in [0.15, 0.2) is 0 Å². The van der Waals surface area contributed by atoms with Crippen LogP contribution >= 0.6 is 11.3 Å². The molecule has 2 unspecified atom stereocenters. The van der Waals surface area contributed by atoms with Gasteiger partial charge in [0, 0.05) is 56.6 Å². The first kappa shape index (κ1) is 36.5. The number of benzene rings is 3. The fourth-order valence-corrected chi connectivity index (χ4v) is 9.20. The van der Waals surface area contributed by atoms with E-state index in [1.165, 1.54) is 22.5 Å². The molecule has 5 aromatic heterocycles. The van der Waals surface area contributed by atoms with Crippen molar-refractivity contribution in [3.63, 3.8) is 0 Å². The maximum absolute atomic E-state index is 13.6. The van der Waals surface area contributed by atoms with Crippen LogP contribution in [-0.2, 0) is 6.54 Å². The maximum atomic E-state index is 13.6. The lowest BCUT2D eigenvalue weighted by atomic mass is 9.92. The second-order valence-electron chi connectivity index (χ2n) is 15.1. The number of H-pyrrole nitrogens is 2. The van der Waals surface area contributed by atoms with E-state index in [-0.39, 0.29) is 23.0 Å². The van der Waals surface area contributed by atoms with Gasteiger partial charge in [0.1, 0.15) is 4.70 Å². The Morgan fingerprint density at radius 3 is 1.95 bits per heavy atom. The van der Waals surface area contributed by atoms with E-state index in [1.54, 1.807) is 0 Å². The number of hydrogen-bond donors (Lipinski definition) is 4. The summed E-state index contributed by atoms with van der Waals surface area (Å²) in [4.78, 5) is 44.0. The Hall–Kier alpha value is -5.48. The van der Waals surface area contributed by atoms with E-state index in [2.05, 4.69) is 96.7 Å². The zero-order valence-electron chi connectivity index (χ0n) is 32.4. The quantitative estimate of drug-likeness (QED) is 0.109. The molecule has 0 fully saturated rings. The van der Waals surface area contributed by atoms with Gasteiger partial charge in [-0.05, 0) is 92.3 Å². The smallest absolute Gasteiger partial charge is 0.266 e. The van der Waals surface area contributed by atoms with Gasteiger partial charge in [-0.1, -0.05) is 80.6 Å². The number of pyridine rings is 4. The van der Waals surface area contributed by atoms with Crippen molar-refractivity contribution in [2.45, 2.75) is 66.8 Å². The third-order valence-corrected chi connectivity index (χ3v) is 12.3. The Morgan fingerprint density at radius 2 is 1.29 bits per heavy atom. The molecule has 0 aliphatic heterocycles. The zero-order chi connectivity index (χ0) is 38.7. The number of aromatic amines is 2. The molecule has 2 atom stereocenters. The second-order valence-corrected chi connectivity index (χ2v) is 16.4. The monoisotopic (exact) mass is 746 g/mol. The minimum absolute atomic E-state index is 0.0656. The Balaban J connectivity index is 1.10. The van der Waals surface area contributed by atoms with Gasteiger partial charge in [-0.15, -0.1) is 11.3 Å². The van der Waals surface area contributed by atoms with Crippen LogP contribution in [0.15, 0.2) is 82.4 Å². The molecule has 0 bridgehead atoms. The molecule has 8 rings (SSSR count). The van der Waals surface area contributed by atoms with Crippen LogP contribution in [0.1, 0.15) is 70.0 Å². The third-order valence-electron chi connectivity index (χ3n) is 11.2. The summed E-state index contributed by atoms with van der Waals surface area (Å²) in [5.74, 6) is 0.470. The first-order valence-corrected chi connectivity index (χ1v) is 19.8. The highest BCUT2D eigenvalue weighted by molar-refractivity contribution is 7.19. The molecule has 0 saturated heterocycles. The highest BCUT2D eigenvalue weighted by atomic mass is 32.1. The minimum Gasteiger partial charge on any atom is -0.330 e. The van der Waals surface area contributed by atoms with Crippen molar-refractivity contribution < 1.29 is 0 Å². The zero-order valence-corrected chi connectivity index (χ0v) is 33.2. The summed E-state index contributed by atoms with van der Waals surface area (Å²) in [5.41, 5.74) is 18.4. The highest BCUT2D eigenvalue weighted by Crippen LogP contribution is 2.39. The fourth-order valence-electron chi connectivity index (χ4n) is 8.29. The third kappa shape index (κ3) is 6.36. The lowest BCUT2D eigenvalue weighted by Crippen LogP contribution is -2.21. The topological polar surface area (TPSA) is 130 Å². The van der Waals surface area contributed by atoms with Crippen LogP contribution < -0.4 is 22.2 Å². The first-order valence-electron chi connectivity index (χ1n) is 18.9. The number of aromatic nitrogens is 4. The van der Waals surface area contributed by atoms with E-state index in [1.807, 2.05) is 39.8 Å². The van der Waals surface area contributed by atoms with Crippen LogP contribution in [0.5, 0.6) is 0 Å². The van der Waals surface area contributed by atoms with Gasteiger partial charge in [-0.2, -0.15) is 0 Å². The van der Waals surface area contributed by atoms with E-state index in [9.17, 15) is 9.59 Å². The normalized spacial score (nSPS) is 13.0. The average Bonchev–Trinajstić information content (AvgIpc) is 3.58. The number of fused-ring (bicyclic) bond motifs is 6. The summed E-state index contributed by atoms with van der Waals surface area (Å²) < 4.78 is 0.749. The van der Waals surface area contributed by atoms with E-state index in [0.717, 1.165) is 92.7 Å². The lowest BCUT2D eigenvalue weighted by molar-refractivity contribution is 0.609. The number of thiophene rings is 1. The van der Waals surface area contributed by atoms with Crippen molar-refractivity contribution in [2.75, 3.05) is 13.1 Å². The largest absolute Gasteiger partial charge is 0.330 e. The van der Waals surface area contributed by atoms with Crippen LogP contribution in [0.4, 0.5) is 0 Å².